The molecule has 8 heteroatoms. The van der Waals surface area contributed by atoms with E-state index in [0.717, 1.165) is 54.8 Å². The molecular weight excluding hydrogens is 515 g/mol. The standard InChI is InChI=1S/C32H34F3N3O2/c1-2-3-4-5-9-18-37(32(39)36-31-29(34)20-25(33)21-30(31)35)22-27-13-10-19-38(27)26-14-16-28(17-15-26)40-23-24-11-7-6-8-12-24/h6-8,10-17,19-21H,2-5,9,18,22-23H2,1H3,(H,36,39). The second kappa shape index (κ2) is 14.3. The van der Waals surface area contributed by atoms with Gasteiger partial charge in [-0.3, -0.25) is 0 Å². The number of nitrogens with zero attached hydrogens (tertiary/aromatic N) is 2. The Labute approximate surface area is 233 Å². The minimum absolute atomic E-state index is 0.212. The highest BCUT2D eigenvalue weighted by Crippen LogP contribution is 2.23. The number of amides is 2. The number of unbranched alkanes of at least 4 members (excludes halogenated alkanes) is 4. The number of aromatic nitrogens is 1. The van der Waals surface area contributed by atoms with Crippen molar-refractivity contribution in [3.63, 3.8) is 0 Å². The van der Waals surface area contributed by atoms with Gasteiger partial charge in [0.2, 0.25) is 0 Å². The van der Waals surface area contributed by atoms with E-state index in [0.29, 0.717) is 25.3 Å². The average molecular weight is 550 g/mol. The van der Waals surface area contributed by atoms with Crippen LogP contribution < -0.4 is 10.1 Å². The lowest BCUT2D eigenvalue weighted by Gasteiger charge is -2.24. The maximum absolute atomic E-state index is 14.2. The molecule has 0 spiro atoms. The molecule has 0 radical (unpaired) electrons. The predicted octanol–water partition coefficient (Wildman–Crippen LogP) is 8.48. The molecule has 1 heterocycles. The monoisotopic (exact) mass is 549 g/mol. The number of anilines is 1. The number of carbonyl (C=O) groups excluding carboxylic acids is 1. The summed E-state index contributed by atoms with van der Waals surface area (Å²) < 4.78 is 49.7. The van der Waals surface area contributed by atoms with Crippen molar-refractivity contribution in [1.29, 1.82) is 0 Å². The van der Waals surface area contributed by atoms with Crippen LogP contribution in [0.15, 0.2) is 85.1 Å². The molecule has 0 saturated heterocycles. The van der Waals surface area contributed by atoms with Gasteiger partial charge in [0.1, 0.15) is 23.9 Å². The van der Waals surface area contributed by atoms with E-state index < -0.39 is 29.2 Å². The Morgan fingerprint density at radius 2 is 1.57 bits per heavy atom. The van der Waals surface area contributed by atoms with Crippen LogP contribution in [0, 0.1) is 17.5 Å². The Balaban J connectivity index is 1.47. The first kappa shape index (κ1) is 28.8. The average Bonchev–Trinajstić information content (AvgIpc) is 3.42. The Morgan fingerprint density at radius 1 is 0.875 bits per heavy atom. The first-order valence-electron chi connectivity index (χ1n) is 13.6. The second-order valence-electron chi connectivity index (χ2n) is 9.65. The zero-order valence-corrected chi connectivity index (χ0v) is 22.6. The summed E-state index contributed by atoms with van der Waals surface area (Å²) in [5.41, 5.74) is 2.12. The van der Waals surface area contributed by atoms with Crippen LogP contribution in [-0.2, 0) is 13.2 Å². The molecule has 0 aliphatic carbocycles. The molecule has 4 aromatic rings. The van der Waals surface area contributed by atoms with Crippen LogP contribution >= 0.6 is 0 Å². The van der Waals surface area contributed by atoms with Gasteiger partial charge in [-0.15, -0.1) is 0 Å². The molecule has 4 rings (SSSR count). The highest BCUT2D eigenvalue weighted by molar-refractivity contribution is 5.89. The molecule has 0 atom stereocenters. The maximum Gasteiger partial charge on any atom is 0.322 e. The van der Waals surface area contributed by atoms with Gasteiger partial charge in [-0.2, -0.15) is 0 Å². The van der Waals surface area contributed by atoms with Gasteiger partial charge in [-0.05, 0) is 48.4 Å². The van der Waals surface area contributed by atoms with Crippen LogP contribution in [0.1, 0.15) is 50.3 Å². The molecular formula is C32H34F3N3O2. The molecule has 1 aromatic heterocycles. The molecule has 0 bridgehead atoms. The van der Waals surface area contributed by atoms with Crippen molar-refractivity contribution < 1.29 is 22.7 Å². The number of urea groups is 1. The van der Waals surface area contributed by atoms with E-state index in [-0.39, 0.29) is 6.54 Å². The fraction of sp³-hybridized carbons (Fsp3) is 0.281. The lowest BCUT2D eigenvalue weighted by atomic mass is 10.1. The summed E-state index contributed by atoms with van der Waals surface area (Å²) in [5, 5.41) is 2.31. The Morgan fingerprint density at radius 3 is 2.27 bits per heavy atom. The molecule has 2 amide bonds. The van der Waals surface area contributed by atoms with Gasteiger partial charge >= 0.3 is 6.03 Å². The highest BCUT2D eigenvalue weighted by atomic mass is 19.1. The van der Waals surface area contributed by atoms with Crippen molar-refractivity contribution in [2.45, 2.75) is 52.2 Å². The molecule has 210 valence electrons. The van der Waals surface area contributed by atoms with E-state index in [1.54, 1.807) is 0 Å². The lowest BCUT2D eigenvalue weighted by molar-refractivity contribution is 0.206. The van der Waals surface area contributed by atoms with Crippen molar-refractivity contribution >= 4 is 11.7 Å². The van der Waals surface area contributed by atoms with E-state index in [1.165, 1.54) is 4.90 Å². The van der Waals surface area contributed by atoms with Crippen LogP contribution in [0.5, 0.6) is 5.75 Å². The molecule has 0 fully saturated rings. The fourth-order valence-electron chi connectivity index (χ4n) is 4.44. The van der Waals surface area contributed by atoms with Gasteiger partial charge in [0.25, 0.3) is 0 Å². The number of benzene rings is 3. The predicted molar refractivity (Wildman–Crippen MR) is 151 cm³/mol. The highest BCUT2D eigenvalue weighted by Gasteiger charge is 2.20. The van der Waals surface area contributed by atoms with E-state index in [2.05, 4.69) is 12.2 Å². The van der Waals surface area contributed by atoms with Crippen LogP contribution in [-0.4, -0.2) is 22.0 Å². The minimum atomic E-state index is -1.16. The molecule has 3 aromatic carbocycles. The Kier molecular flexibility index (Phi) is 10.3. The number of carbonyl (C=O) groups is 1. The molecule has 1 N–H and O–H groups in total. The number of halogens is 3. The summed E-state index contributed by atoms with van der Waals surface area (Å²) in [7, 11) is 0. The van der Waals surface area contributed by atoms with Crippen LogP contribution in [0.2, 0.25) is 0 Å². The van der Waals surface area contributed by atoms with Crippen molar-refractivity contribution in [3.8, 4) is 11.4 Å². The summed E-state index contributed by atoms with van der Waals surface area (Å²) in [4.78, 5) is 14.7. The van der Waals surface area contributed by atoms with Crippen molar-refractivity contribution in [2.75, 3.05) is 11.9 Å². The summed E-state index contributed by atoms with van der Waals surface area (Å²) in [6.07, 6.45) is 6.81. The smallest absolute Gasteiger partial charge is 0.322 e. The number of rotatable bonds is 13. The van der Waals surface area contributed by atoms with Gasteiger partial charge in [-0.1, -0.05) is 62.9 Å². The van der Waals surface area contributed by atoms with E-state index in [9.17, 15) is 18.0 Å². The zero-order chi connectivity index (χ0) is 28.3. The SMILES string of the molecule is CCCCCCCN(Cc1cccn1-c1ccc(OCc2ccccc2)cc1)C(=O)Nc1c(F)cc(F)cc1F. The van der Waals surface area contributed by atoms with Crippen LogP contribution in [0.4, 0.5) is 23.7 Å². The van der Waals surface area contributed by atoms with Crippen molar-refractivity contribution in [2.24, 2.45) is 0 Å². The van der Waals surface area contributed by atoms with Crippen molar-refractivity contribution in [3.05, 3.63) is 114 Å². The quantitative estimate of drug-likeness (QED) is 0.170. The van der Waals surface area contributed by atoms with Gasteiger partial charge in [0.15, 0.2) is 11.6 Å². The maximum atomic E-state index is 14.2. The molecule has 0 aliphatic heterocycles. The summed E-state index contributed by atoms with van der Waals surface area (Å²) in [5.74, 6) is -2.63. The van der Waals surface area contributed by atoms with Crippen LogP contribution in [0.25, 0.3) is 5.69 Å². The summed E-state index contributed by atoms with van der Waals surface area (Å²) >= 11 is 0. The van der Waals surface area contributed by atoms with E-state index in [4.69, 9.17) is 4.74 Å². The summed E-state index contributed by atoms with van der Waals surface area (Å²) in [6.45, 7) is 3.20. The van der Waals surface area contributed by atoms with E-state index in [1.807, 2.05) is 77.5 Å². The fourth-order valence-corrected chi connectivity index (χ4v) is 4.44. The van der Waals surface area contributed by atoms with Gasteiger partial charge in [0, 0.05) is 36.3 Å². The third kappa shape index (κ3) is 7.91. The zero-order valence-electron chi connectivity index (χ0n) is 22.6. The lowest BCUT2D eigenvalue weighted by Crippen LogP contribution is -2.36. The van der Waals surface area contributed by atoms with Gasteiger partial charge < -0.3 is 19.5 Å². The van der Waals surface area contributed by atoms with Crippen molar-refractivity contribution in [1.82, 2.24) is 9.47 Å². The second-order valence-corrected chi connectivity index (χ2v) is 9.65. The summed E-state index contributed by atoms with van der Waals surface area (Å²) in [6, 6.07) is 21.8. The molecule has 40 heavy (non-hydrogen) atoms. The topological polar surface area (TPSA) is 46.5 Å². The Hall–Kier alpha value is -4.20. The largest absolute Gasteiger partial charge is 0.489 e. The molecule has 5 nitrogen and oxygen atoms in total. The first-order chi connectivity index (χ1) is 19.4. The molecule has 0 aliphatic rings. The number of ether oxygens (including phenoxy) is 1. The molecule has 0 saturated carbocycles. The normalized spacial score (nSPS) is 10.9. The Bertz CT molecular complexity index is 1350. The number of hydrogen-bond acceptors (Lipinski definition) is 2. The number of hydrogen-bond donors (Lipinski definition) is 1. The van der Waals surface area contributed by atoms with Gasteiger partial charge in [-0.25, -0.2) is 18.0 Å². The van der Waals surface area contributed by atoms with Crippen LogP contribution in [0.3, 0.4) is 0 Å². The minimum Gasteiger partial charge on any atom is -0.489 e. The van der Waals surface area contributed by atoms with E-state index >= 15 is 0 Å². The number of nitrogens with one attached hydrogen (secondary N) is 1. The first-order valence-corrected chi connectivity index (χ1v) is 13.6. The third-order valence-corrected chi connectivity index (χ3v) is 6.61. The molecule has 0 unspecified atom stereocenters. The van der Waals surface area contributed by atoms with Gasteiger partial charge in [0.05, 0.1) is 6.54 Å². The third-order valence-electron chi connectivity index (χ3n) is 6.61.